The number of carbonyl (C=O) groups excluding carboxylic acids is 2. The van der Waals surface area contributed by atoms with Crippen molar-refractivity contribution >= 4 is 23.5 Å². The molecule has 0 aromatic heterocycles. The van der Waals surface area contributed by atoms with Gasteiger partial charge in [-0.15, -0.1) is 11.8 Å². The number of alkyl halides is 3. The van der Waals surface area contributed by atoms with Crippen molar-refractivity contribution in [1.29, 1.82) is 0 Å². The number of benzene rings is 2. The van der Waals surface area contributed by atoms with Crippen LogP contribution in [0, 0.1) is 0 Å². The SMILES string of the molecule is COc1cc(C(F)(F)F)cc(SC)c1C(=O)NC1(c2ccccc2)CC(=O)CN(C)C1. The zero-order valence-electron chi connectivity index (χ0n) is 17.4. The van der Waals surface area contributed by atoms with E-state index < -0.39 is 23.2 Å². The molecule has 166 valence electrons. The van der Waals surface area contributed by atoms with Crippen molar-refractivity contribution in [2.45, 2.75) is 23.0 Å². The van der Waals surface area contributed by atoms with Gasteiger partial charge in [-0.3, -0.25) is 14.5 Å². The first-order valence-electron chi connectivity index (χ1n) is 9.51. The lowest BCUT2D eigenvalue weighted by Gasteiger charge is -2.42. The predicted octanol–water partition coefficient (Wildman–Crippen LogP) is 3.97. The van der Waals surface area contributed by atoms with Crippen molar-refractivity contribution in [3.8, 4) is 5.75 Å². The summed E-state index contributed by atoms with van der Waals surface area (Å²) in [6.07, 6.45) is -2.89. The van der Waals surface area contributed by atoms with Gasteiger partial charge >= 0.3 is 6.18 Å². The Morgan fingerprint density at radius 1 is 1.23 bits per heavy atom. The van der Waals surface area contributed by atoms with Crippen LogP contribution in [0.15, 0.2) is 47.4 Å². The lowest BCUT2D eigenvalue weighted by molar-refractivity contribution is -0.137. The molecule has 2 aromatic rings. The minimum absolute atomic E-state index is 0.0129. The molecule has 1 atom stereocenters. The quantitative estimate of drug-likeness (QED) is 0.696. The van der Waals surface area contributed by atoms with Gasteiger partial charge in [0.2, 0.25) is 0 Å². The molecule has 0 bridgehead atoms. The van der Waals surface area contributed by atoms with E-state index in [0.29, 0.717) is 6.54 Å². The Hall–Kier alpha value is -2.52. The number of carbonyl (C=O) groups is 2. The number of ether oxygens (including phenoxy) is 1. The highest BCUT2D eigenvalue weighted by molar-refractivity contribution is 7.98. The van der Waals surface area contributed by atoms with Crippen LogP contribution in [0.1, 0.15) is 27.9 Å². The standard InChI is InChI=1S/C22H23F3N2O3S/c1-27-12-16(28)11-21(13-27,14-7-5-4-6-8-14)26-20(29)19-17(30-2)9-15(22(23,24)25)10-18(19)31-3/h4-10H,11-13H2,1-3H3,(H,26,29). The number of nitrogens with one attached hydrogen (secondary N) is 1. The van der Waals surface area contributed by atoms with E-state index >= 15 is 0 Å². The fraction of sp³-hybridized carbons (Fsp3) is 0.364. The number of hydrogen-bond acceptors (Lipinski definition) is 5. The van der Waals surface area contributed by atoms with Gasteiger partial charge in [-0.1, -0.05) is 30.3 Å². The molecule has 0 aliphatic carbocycles. The summed E-state index contributed by atoms with van der Waals surface area (Å²) in [5.74, 6) is -0.806. The Morgan fingerprint density at radius 2 is 1.90 bits per heavy atom. The van der Waals surface area contributed by atoms with E-state index in [1.54, 1.807) is 13.3 Å². The number of hydrogen-bond donors (Lipinski definition) is 1. The summed E-state index contributed by atoms with van der Waals surface area (Å²) in [6, 6.07) is 10.9. The van der Waals surface area contributed by atoms with E-state index in [1.165, 1.54) is 7.11 Å². The second-order valence-electron chi connectivity index (χ2n) is 7.54. The molecule has 1 amide bonds. The second-order valence-corrected chi connectivity index (χ2v) is 8.39. The highest BCUT2D eigenvalue weighted by Crippen LogP contribution is 2.39. The van der Waals surface area contributed by atoms with Crippen molar-refractivity contribution < 1.29 is 27.5 Å². The fourth-order valence-corrected chi connectivity index (χ4v) is 4.59. The summed E-state index contributed by atoms with van der Waals surface area (Å²) in [7, 11) is 3.01. The summed E-state index contributed by atoms with van der Waals surface area (Å²) in [6.45, 7) is 0.649. The first-order chi connectivity index (χ1) is 14.6. The molecule has 1 fully saturated rings. The number of methoxy groups -OCH3 is 1. The number of ketones is 1. The van der Waals surface area contributed by atoms with Crippen LogP contribution in [0.25, 0.3) is 0 Å². The summed E-state index contributed by atoms with van der Waals surface area (Å²) < 4.78 is 45.0. The number of Topliss-reactive ketones (excluding diaryl/α,β-unsaturated/α-hetero) is 1. The number of amides is 1. The molecule has 5 nitrogen and oxygen atoms in total. The van der Waals surface area contributed by atoms with E-state index in [0.717, 1.165) is 29.5 Å². The van der Waals surface area contributed by atoms with Gasteiger partial charge in [0.1, 0.15) is 11.5 Å². The van der Waals surface area contributed by atoms with E-state index in [1.807, 2.05) is 35.2 Å². The summed E-state index contributed by atoms with van der Waals surface area (Å²) >= 11 is 1.02. The number of halogens is 3. The smallest absolute Gasteiger partial charge is 0.416 e. The molecular formula is C22H23F3N2O3S. The maximum absolute atomic E-state index is 13.4. The predicted molar refractivity (Wildman–Crippen MR) is 112 cm³/mol. The molecular weight excluding hydrogens is 429 g/mol. The zero-order valence-corrected chi connectivity index (χ0v) is 18.2. The van der Waals surface area contributed by atoms with Gasteiger partial charge in [0.15, 0.2) is 0 Å². The average Bonchev–Trinajstić information content (AvgIpc) is 2.71. The normalized spacial score (nSPS) is 19.9. The Kier molecular flexibility index (Phi) is 6.66. The van der Waals surface area contributed by atoms with Crippen molar-refractivity contribution in [3.05, 3.63) is 59.2 Å². The van der Waals surface area contributed by atoms with Gasteiger partial charge < -0.3 is 10.1 Å². The summed E-state index contributed by atoms with van der Waals surface area (Å²) in [4.78, 5) is 27.8. The molecule has 31 heavy (non-hydrogen) atoms. The van der Waals surface area contributed by atoms with Crippen LogP contribution < -0.4 is 10.1 Å². The molecule has 1 heterocycles. The Labute approximate surface area is 182 Å². The number of nitrogens with zero attached hydrogens (tertiary/aromatic N) is 1. The largest absolute Gasteiger partial charge is 0.496 e. The molecule has 0 saturated carbocycles. The number of likely N-dealkylation sites (N-methyl/N-ethyl adjacent to an activating group) is 1. The van der Waals surface area contributed by atoms with Gasteiger partial charge in [-0.2, -0.15) is 13.2 Å². The van der Waals surface area contributed by atoms with Gasteiger partial charge in [0.05, 0.1) is 30.3 Å². The van der Waals surface area contributed by atoms with Crippen molar-refractivity contribution in [2.24, 2.45) is 0 Å². The van der Waals surface area contributed by atoms with Gasteiger partial charge in [0.25, 0.3) is 5.91 Å². The molecule has 1 aliphatic rings. The molecule has 0 radical (unpaired) electrons. The molecule has 1 saturated heterocycles. The van der Waals surface area contributed by atoms with Crippen LogP contribution in [0.3, 0.4) is 0 Å². The number of piperidine rings is 1. The Morgan fingerprint density at radius 3 is 2.45 bits per heavy atom. The van der Waals surface area contributed by atoms with Gasteiger partial charge in [0, 0.05) is 17.9 Å². The third-order valence-corrected chi connectivity index (χ3v) is 5.99. The minimum Gasteiger partial charge on any atom is -0.496 e. The van der Waals surface area contributed by atoms with Crippen LogP contribution in [0.5, 0.6) is 5.75 Å². The fourth-order valence-electron chi connectivity index (χ4n) is 3.95. The van der Waals surface area contributed by atoms with E-state index in [2.05, 4.69) is 5.32 Å². The molecule has 9 heteroatoms. The highest BCUT2D eigenvalue weighted by Gasteiger charge is 2.42. The van der Waals surface area contributed by atoms with Crippen LogP contribution in [0.4, 0.5) is 13.2 Å². The van der Waals surface area contributed by atoms with Crippen LogP contribution in [0.2, 0.25) is 0 Å². The lowest BCUT2D eigenvalue weighted by Crippen LogP contribution is -2.58. The molecule has 1 aliphatic heterocycles. The van der Waals surface area contributed by atoms with Gasteiger partial charge in [-0.25, -0.2) is 0 Å². The third kappa shape index (κ3) is 4.88. The minimum atomic E-state index is -4.57. The molecule has 1 unspecified atom stereocenters. The highest BCUT2D eigenvalue weighted by atomic mass is 32.2. The molecule has 2 aromatic carbocycles. The Bertz CT molecular complexity index is 957. The topological polar surface area (TPSA) is 58.6 Å². The van der Waals surface area contributed by atoms with Crippen LogP contribution in [-0.2, 0) is 16.5 Å². The van der Waals surface area contributed by atoms with E-state index in [4.69, 9.17) is 4.74 Å². The van der Waals surface area contributed by atoms with Crippen molar-refractivity contribution in [3.63, 3.8) is 0 Å². The lowest BCUT2D eigenvalue weighted by atomic mass is 9.81. The Balaban J connectivity index is 2.08. The monoisotopic (exact) mass is 452 g/mol. The number of thioether (sulfide) groups is 1. The van der Waals surface area contributed by atoms with Crippen LogP contribution in [-0.4, -0.2) is 50.1 Å². The molecule has 3 rings (SSSR count). The summed E-state index contributed by atoms with van der Waals surface area (Å²) in [5, 5.41) is 2.96. The summed E-state index contributed by atoms with van der Waals surface area (Å²) in [5.41, 5.74) is -1.14. The third-order valence-electron chi connectivity index (χ3n) is 5.22. The first kappa shape index (κ1) is 23.1. The average molecular weight is 452 g/mol. The molecule has 0 spiro atoms. The van der Waals surface area contributed by atoms with Crippen molar-refractivity contribution in [2.75, 3.05) is 33.5 Å². The number of likely N-dealkylation sites (tertiary alicyclic amines) is 1. The van der Waals surface area contributed by atoms with Crippen LogP contribution >= 0.6 is 11.8 Å². The van der Waals surface area contributed by atoms with Crippen molar-refractivity contribution in [1.82, 2.24) is 10.2 Å². The zero-order chi connectivity index (χ0) is 22.8. The van der Waals surface area contributed by atoms with Gasteiger partial charge in [-0.05, 0) is 31.0 Å². The second kappa shape index (κ2) is 8.92. The molecule has 1 N–H and O–H groups in total. The van der Waals surface area contributed by atoms with E-state index in [9.17, 15) is 22.8 Å². The maximum atomic E-state index is 13.4. The van der Waals surface area contributed by atoms with E-state index in [-0.39, 0.29) is 35.0 Å². The number of rotatable bonds is 5. The maximum Gasteiger partial charge on any atom is 0.416 e. The first-order valence-corrected chi connectivity index (χ1v) is 10.7.